The molecule has 18 heavy (non-hydrogen) atoms. The summed E-state index contributed by atoms with van der Waals surface area (Å²) in [6, 6.07) is 3.67. The fraction of sp³-hybridized carbons (Fsp3) is 0.333. The van der Waals surface area contributed by atoms with Gasteiger partial charge in [0.2, 0.25) is 0 Å². The average Bonchev–Trinajstić information content (AvgIpc) is 2.24. The summed E-state index contributed by atoms with van der Waals surface area (Å²) in [5.41, 5.74) is -1.81. The van der Waals surface area contributed by atoms with Gasteiger partial charge in [0.15, 0.2) is 5.75 Å². The molecule has 0 saturated heterocycles. The Morgan fingerprint density at radius 1 is 1.11 bits per heavy atom. The van der Waals surface area contributed by atoms with Crippen LogP contribution in [0.4, 0.5) is 0 Å². The quantitative estimate of drug-likeness (QED) is 0.530. The zero-order valence-electron chi connectivity index (χ0n) is 10.2. The number of carboxylic acids is 2. The highest BCUT2D eigenvalue weighted by Crippen LogP contribution is 2.23. The van der Waals surface area contributed by atoms with Crippen LogP contribution in [0.1, 0.15) is 41.5 Å². The van der Waals surface area contributed by atoms with E-state index in [9.17, 15) is 19.8 Å². The molecule has 0 heterocycles. The first kappa shape index (κ1) is 14.0. The summed E-state index contributed by atoms with van der Waals surface area (Å²) < 4.78 is 0. The molecule has 1 aromatic carbocycles. The molecule has 0 bridgehead atoms. The second-order valence-electron chi connectivity index (χ2n) is 4.53. The first-order valence-corrected chi connectivity index (χ1v) is 5.14. The van der Waals surface area contributed by atoms with Crippen LogP contribution < -0.4 is 15.1 Å². The van der Waals surface area contributed by atoms with E-state index in [-0.39, 0.29) is 5.75 Å². The second kappa shape index (κ2) is 5.05. The lowest BCUT2D eigenvalue weighted by Gasteiger charge is -2.20. The molecule has 0 unspecified atom stereocenters. The highest BCUT2D eigenvalue weighted by atomic mass is 17.2. The van der Waals surface area contributed by atoms with Crippen molar-refractivity contribution >= 4 is 11.9 Å². The Morgan fingerprint density at radius 3 is 2.17 bits per heavy atom. The van der Waals surface area contributed by atoms with Gasteiger partial charge < -0.3 is 24.7 Å². The first-order valence-electron chi connectivity index (χ1n) is 5.14. The second-order valence-corrected chi connectivity index (χ2v) is 4.53. The van der Waals surface area contributed by atoms with Crippen LogP contribution in [0.2, 0.25) is 0 Å². The van der Waals surface area contributed by atoms with Gasteiger partial charge in [-0.25, -0.2) is 0 Å². The Bertz CT molecular complexity index is 472. The molecule has 0 radical (unpaired) electrons. The molecule has 98 valence electrons. The molecule has 0 aliphatic heterocycles. The van der Waals surface area contributed by atoms with Crippen molar-refractivity contribution in [2.45, 2.75) is 26.4 Å². The standard InChI is InChI=1S/C12H14O6/c1-12(2,3)18-17-8-6-4-5-7(10(13)14)9(8)11(15)16/h4-6H,1-3H3,(H,13,14)(H,15,16)/p-2. The third kappa shape index (κ3) is 3.46. The van der Waals surface area contributed by atoms with Gasteiger partial charge in [-0.1, -0.05) is 12.1 Å². The molecule has 0 aromatic heterocycles. The minimum absolute atomic E-state index is 0.244. The summed E-state index contributed by atoms with van der Waals surface area (Å²) >= 11 is 0. The van der Waals surface area contributed by atoms with E-state index in [0.717, 1.165) is 6.07 Å². The van der Waals surface area contributed by atoms with Gasteiger partial charge in [0, 0.05) is 5.56 Å². The zero-order chi connectivity index (χ0) is 13.9. The molecule has 0 saturated carbocycles. The van der Waals surface area contributed by atoms with Crippen molar-refractivity contribution in [1.29, 1.82) is 0 Å². The van der Waals surface area contributed by atoms with Crippen LogP contribution in [0.5, 0.6) is 5.75 Å². The number of carbonyl (C=O) groups excluding carboxylic acids is 2. The summed E-state index contributed by atoms with van der Waals surface area (Å²) in [6.45, 7) is 5.07. The molecule has 1 aromatic rings. The number of rotatable bonds is 4. The monoisotopic (exact) mass is 252 g/mol. The van der Waals surface area contributed by atoms with Gasteiger partial charge in [-0.3, -0.25) is 0 Å². The lowest BCUT2D eigenvalue weighted by molar-refractivity contribution is -0.278. The zero-order valence-corrected chi connectivity index (χ0v) is 10.2. The van der Waals surface area contributed by atoms with Crippen molar-refractivity contribution in [3.05, 3.63) is 29.3 Å². The van der Waals surface area contributed by atoms with E-state index in [4.69, 9.17) is 9.78 Å². The third-order valence-electron chi connectivity index (χ3n) is 1.83. The van der Waals surface area contributed by atoms with E-state index >= 15 is 0 Å². The largest absolute Gasteiger partial charge is 0.545 e. The molecule has 0 atom stereocenters. The number of carbonyl (C=O) groups is 2. The third-order valence-corrected chi connectivity index (χ3v) is 1.83. The van der Waals surface area contributed by atoms with Gasteiger partial charge in [0.1, 0.15) is 5.60 Å². The number of benzene rings is 1. The van der Waals surface area contributed by atoms with Crippen LogP contribution in [0.3, 0.4) is 0 Å². The Labute approximate surface area is 104 Å². The van der Waals surface area contributed by atoms with Gasteiger partial charge in [0.25, 0.3) is 0 Å². The topological polar surface area (TPSA) is 98.7 Å². The number of hydrogen-bond acceptors (Lipinski definition) is 6. The normalized spacial score (nSPS) is 11.1. The maximum absolute atomic E-state index is 10.9. The first-order chi connectivity index (χ1) is 8.22. The fourth-order valence-corrected chi connectivity index (χ4v) is 1.15. The SMILES string of the molecule is CC(C)(C)OOc1cccc(C(=O)[O-])c1C(=O)[O-]. The van der Waals surface area contributed by atoms with Crippen LogP contribution >= 0.6 is 0 Å². The van der Waals surface area contributed by atoms with Crippen molar-refractivity contribution in [2.75, 3.05) is 0 Å². The highest BCUT2D eigenvalue weighted by Gasteiger charge is 2.17. The molecule has 0 fully saturated rings. The van der Waals surface area contributed by atoms with Crippen molar-refractivity contribution in [1.82, 2.24) is 0 Å². The van der Waals surface area contributed by atoms with E-state index in [1.807, 2.05) is 0 Å². The summed E-state index contributed by atoms with van der Waals surface area (Å²) in [7, 11) is 0. The van der Waals surface area contributed by atoms with Crippen LogP contribution in [-0.4, -0.2) is 17.5 Å². The maximum atomic E-state index is 10.9. The van der Waals surface area contributed by atoms with Crippen LogP contribution in [0.15, 0.2) is 18.2 Å². The Balaban J connectivity index is 3.15. The molecule has 0 amide bonds. The van der Waals surface area contributed by atoms with Crippen molar-refractivity contribution in [3.63, 3.8) is 0 Å². The van der Waals surface area contributed by atoms with Gasteiger partial charge in [-0.05, 0) is 26.8 Å². The molecule has 0 aliphatic rings. The van der Waals surface area contributed by atoms with E-state index in [1.165, 1.54) is 12.1 Å². The number of hydrogen-bond donors (Lipinski definition) is 0. The van der Waals surface area contributed by atoms with Crippen molar-refractivity contribution in [2.24, 2.45) is 0 Å². The summed E-state index contributed by atoms with van der Waals surface area (Å²) in [6.07, 6.45) is 0. The summed E-state index contributed by atoms with van der Waals surface area (Å²) in [4.78, 5) is 31.5. The van der Waals surface area contributed by atoms with Gasteiger partial charge in [-0.15, -0.1) is 0 Å². The van der Waals surface area contributed by atoms with Gasteiger partial charge >= 0.3 is 0 Å². The molecule has 0 spiro atoms. The molecule has 0 N–H and O–H groups in total. The Hall–Kier alpha value is -2.08. The predicted octanol–water partition coefficient (Wildman–Crippen LogP) is -0.478. The molecule has 6 nitrogen and oxygen atoms in total. The predicted molar refractivity (Wildman–Crippen MR) is 56.6 cm³/mol. The Morgan fingerprint density at radius 2 is 1.72 bits per heavy atom. The lowest BCUT2D eigenvalue weighted by Crippen LogP contribution is -2.31. The molecular formula is C12H12O6-2. The minimum Gasteiger partial charge on any atom is -0.545 e. The summed E-state index contributed by atoms with van der Waals surface area (Å²) in [5.74, 6) is -3.55. The van der Waals surface area contributed by atoms with Gasteiger partial charge in [-0.2, -0.15) is 4.89 Å². The fourth-order valence-electron chi connectivity index (χ4n) is 1.15. The van der Waals surface area contributed by atoms with Crippen molar-refractivity contribution < 1.29 is 29.6 Å². The lowest BCUT2D eigenvalue weighted by atomic mass is 10.1. The van der Waals surface area contributed by atoms with Crippen molar-refractivity contribution in [3.8, 4) is 5.75 Å². The van der Waals surface area contributed by atoms with E-state index in [1.54, 1.807) is 20.8 Å². The van der Waals surface area contributed by atoms with E-state index in [2.05, 4.69) is 0 Å². The smallest absolute Gasteiger partial charge is 0.175 e. The maximum Gasteiger partial charge on any atom is 0.175 e. The highest BCUT2D eigenvalue weighted by molar-refractivity contribution is 6.02. The minimum atomic E-state index is -1.68. The molecular weight excluding hydrogens is 240 g/mol. The van der Waals surface area contributed by atoms with Crippen LogP contribution in [0.25, 0.3) is 0 Å². The molecule has 6 heteroatoms. The van der Waals surface area contributed by atoms with Crippen LogP contribution in [-0.2, 0) is 4.89 Å². The number of aromatic carboxylic acids is 2. The molecule has 1 rings (SSSR count). The molecule has 0 aliphatic carbocycles. The Kier molecular flexibility index (Phi) is 3.93. The van der Waals surface area contributed by atoms with Gasteiger partial charge in [0.05, 0.1) is 17.5 Å². The average molecular weight is 252 g/mol. The van der Waals surface area contributed by atoms with E-state index in [0.29, 0.717) is 0 Å². The number of carboxylic acid groups (broad SMARTS) is 2. The summed E-state index contributed by atoms with van der Waals surface area (Å²) in [5, 5.41) is 21.7. The van der Waals surface area contributed by atoms with Crippen LogP contribution in [0, 0.1) is 0 Å². The van der Waals surface area contributed by atoms with E-state index < -0.39 is 28.7 Å².